The molecular weight excluding hydrogens is 368 g/mol. The summed E-state index contributed by atoms with van der Waals surface area (Å²) in [7, 11) is 0. The number of thioether (sulfide) groups is 1. The van der Waals surface area contributed by atoms with Gasteiger partial charge in [-0.2, -0.15) is 0 Å². The molecule has 0 radical (unpaired) electrons. The summed E-state index contributed by atoms with van der Waals surface area (Å²) < 4.78 is 2.22. The fourth-order valence-electron chi connectivity index (χ4n) is 3.48. The summed E-state index contributed by atoms with van der Waals surface area (Å²) in [5.41, 5.74) is 0.997. The first-order chi connectivity index (χ1) is 12.5. The highest BCUT2D eigenvalue weighted by molar-refractivity contribution is 7.99. The van der Waals surface area contributed by atoms with E-state index in [0.29, 0.717) is 16.8 Å². The standard InChI is InChI=1S/C19H25ClN4OS/c1-13(15-7-6-8-16(20)11-15)21-18(25)12-26-19-23-22-14(2)24(19)17-9-4-3-5-10-17/h6-8,11,13,17H,3-5,9-10,12H2,1-2H3,(H,21,25)/t13-/m0/s1. The van der Waals surface area contributed by atoms with Crippen LogP contribution in [0.4, 0.5) is 0 Å². The van der Waals surface area contributed by atoms with Crippen molar-refractivity contribution in [2.75, 3.05) is 5.75 Å². The number of hydrogen-bond donors (Lipinski definition) is 1. The second-order valence-electron chi connectivity index (χ2n) is 6.82. The molecule has 1 atom stereocenters. The molecule has 3 rings (SSSR count). The van der Waals surface area contributed by atoms with Crippen molar-refractivity contribution in [1.82, 2.24) is 20.1 Å². The number of aryl methyl sites for hydroxylation is 1. The van der Waals surface area contributed by atoms with E-state index in [4.69, 9.17) is 11.6 Å². The zero-order chi connectivity index (χ0) is 18.5. The largest absolute Gasteiger partial charge is 0.349 e. The average Bonchev–Trinajstić information content (AvgIpc) is 3.01. The highest BCUT2D eigenvalue weighted by Crippen LogP contribution is 2.32. The number of aromatic nitrogens is 3. The quantitative estimate of drug-likeness (QED) is 0.723. The molecule has 0 unspecified atom stereocenters. The van der Waals surface area contributed by atoms with E-state index in [1.54, 1.807) is 0 Å². The summed E-state index contributed by atoms with van der Waals surface area (Å²) in [5, 5.41) is 13.1. The van der Waals surface area contributed by atoms with Gasteiger partial charge in [0.15, 0.2) is 5.16 Å². The van der Waals surface area contributed by atoms with Crippen molar-refractivity contribution in [1.29, 1.82) is 0 Å². The molecule has 140 valence electrons. The molecule has 1 aromatic heterocycles. The first-order valence-corrected chi connectivity index (χ1v) is 10.5. The molecule has 5 nitrogen and oxygen atoms in total. The molecule has 1 N–H and O–H groups in total. The van der Waals surface area contributed by atoms with E-state index in [1.165, 1.54) is 43.9 Å². The Morgan fingerprint density at radius 1 is 1.35 bits per heavy atom. The minimum atomic E-state index is -0.0836. The van der Waals surface area contributed by atoms with E-state index in [9.17, 15) is 4.79 Å². The SMILES string of the molecule is Cc1nnc(SCC(=O)N[C@@H](C)c2cccc(Cl)c2)n1C1CCCCC1. The number of halogens is 1. The molecule has 1 aromatic carbocycles. The van der Waals surface area contributed by atoms with Gasteiger partial charge >= 0.3 is 0 Å². The zero-order valence-electron chi connectivity index (χ0n) is 15.2. The summed E-state index contributed by atoms with van der Waals surface area (Å²) in [5.74, 6) is 1.25. The van der Waals surface area contributed by atoms with Gasteiger partial charge in [-0.3, -0.25) is 4.79 Å². The maximum atomic E-state index is 12.4. The molecule has 0 bridgehead atoms. The molecule has 0 saturated heterocycles. The first kappa shape index (κ1) is 19.2. The van der Waals surface area contributed by atoms with E-state index in [0.717, 1.165) is 16.5 Å². The van der Waals surface area contributed by atoms with Crippen LogP contribution in [0.25, 0.3) is 0 Å². The van der Waals surface area contributed by atoms with E-state index in [2.05, 4.69) is 20.1 Å². The van der Waals surface area contributed by atoms with Crippen LogP contribution in [0.3, 0.4) is 0 Å². The van der Waals surface area contributed by atoms with E-state index >= 15 is 0 Å². The Bertz CT molecular complexity index is 758. The minimum Gasteiger partial charge on any atom is -0.349 e. The molecule has 26 heavy (non-hydrogen) atoms. The third kappa shape index (κ3) is 4.80. The molecular formula is C19H25ClN4OS. The van der Waals surface area contributed by atoms with Crippen molar-refractivity contribution in [3.8, 4) is 0 Å². The van der Waals surface area contributed by atoms with Gasteiger partial charge in [0.2, 0.25) is 5.91 Å². The Morgan fingerprint density at radius 2 is 2.12 bits per heavy atom. The van der Waals surface area contributed by atoms with Gasteiger partial charge in [-0.1, -0.05) is 54.8 Å². The first-order valence-electron chi connectivity index (χ1n) is 9.13. The lowest BCUT2D eigenvalue weighted by atomic mass is 9.95. The number of carbonyl (C=O) groups is 1. The zero-order valence-corrected chi connectivity index (χ0v) is 16.8. The molecule has 1 aliphatic rings. The van der Waals surface area contributed by atoms with Gasteiger partial charge in [0.25, 0.3) is 0 Å². The number of nitrogens with zero attached hydrogens (tertiary/aromatic N) is 3. The molecule has 0 spiro atoms. The summed E-state index contributed by atoms with van der Waals surface area (Å²) >= 11 is 7.49. The third-order valence-corrected chi connectivity index (χ3v) is 6.01. The van der Waals surface area contributed by atoms with Crippen LogP contribution in [0.1, 0.15) is 62.5 Å². The summed E-state index contributed by atoms with van der Waals surface area (Å²) in [6.07, 6.45) is 6.16. The number of amides is 1. The summed E-state index contributed by atoms with van der Waals surface area (Å²) in [6, 6.07) is 7.95. The van der Waals surface area contributed by atoms with Gasteiger partial charge in [-0.15, -0.1) is 10.2 Å². The second-order valence-corrected chi connectivity index (χ2v) is 8.20. The maximum Gasteiger partial charge on any atom is 0.230 e. The van der Waals surface area contributed by atoms with Crippen LogP contribution in [-0.2, 0) is 4.79 Å². The lowest BCUT2D eigenvalue weighted by molar-refractivity contribution is -0.119. The van der Waals surface area contributed by atoms with Crippen molar-refractivity contribution in [2.24, 2.45) is 0 Å². The second kappa shape index (κ2) is 8.91. The van der Waals surface area contributed by atoms with Crippen molar-refractivity contribution in [3.63, 3.8) is 0 Å². The lowest BCUT2D eigenvalue weighted by Gasteiger charge is -2.25. The van der Waals surface area contributed by atoms with Gasteiger partial charge < -0.3 is 9.88 Å². The Morgan fingerprint density at radius 3 is 2.85 bits per heavy atom. The minimum absolute atomic E-state index is 0.0154. The molecule has 7 heteroatoms. The van der Waals surface area contributed by atoms with Gasteiger partial charge in [0.1, 0.15) is 5.82 Å². The molecule has 1 fully saturated rings. The fraction of sp³-hybridized carbons (Fsp3) is 0.526. The van der Waals surface area contributed by atoms with Crippen molar-refractivity contribution in [2.45, 2.75) is 63.2 Å². The number of benzene rings is 1. The summed E-state index contributed by atoms with van der Waals surface area (Å²) in [4.78, 5) is 12.4. The van der Waals surface area contributed by atoms with Crippen LogP contribution in [0.15, 0.2) is 29.4 Å². The van der Waals surface area contributed by atoms with E-state index in [1.807, 2.05) is 38.1 Å². The predicted octanol–water partition coefficient (Wildman–Crippen LogP) is 4.71. The summed E-state index contributed by atoms with van der Waals surface area (Å²) in [6.45, 7) is 3.95. The van der Waals surface area contributed by atoms with Crippen molar-refractivity contribution in [3.05, 3.63) is 40.7 Å². The van der Waals surface area contributed by atoms with Crippen LogP contribution in [0.2, 0.25) is 5.02 Å². The molecule has 1 heterocycles. The topological polar surface area (TPSA) is 59.8 Å². The van der Waals surface area contributed by atoms with Crippen LogP contribution in [0, 0.1) is 6.92 Å². The van der Waals surface area contributed by atoms with Crippen molar-refractivity contribution >= 4 is 29.3 Å². The highest BCUT2D eigenvalue weighted by atomic mass is 35.5. The van der Waals surface area contributed by atoms with Gasteiger partial charge in [0.05, 0.1) is 11.8 Å². The lowest BCUT2D eigenvalue weighted by Crippen LogP contribution is -2.28. The van der Waals surface area contributed by atoms with Gasteiger partial charge in [-0.25, -0.2) is 0 Å². The molecule has 1 saturated carbocycles. The Hall–Kier alpha value is -1.53. The Balaban J connectivity index is 1.58. The van der Waals surface area contributed by atoms with Gasteiger partial charge in [0, 0.05) is 11.1 Å². The number of hydrogen-bond acceptors (Lipinski definition) is 4. The average molecular weight is 393 g/mol. The molecule has 0 aliphatic heterocycles. The van der Waals surface area contributed by atoms with E-state index in [-0.39, 0.29) is 11.9 Å². The molecule has 2 aromatic rings. The molecule has 1 aliphatic carbocycles. The number of nitrogens with one attached hydrogen (secondary N) is 1. The van der Waals surface area contributed by atoms with Crippen LogP contribution in [-0.4, -0.2) is 26.4 Å². The Labute approximate surface area is 163 Å². The fourth-order valence-corrected chi connectivity index (χ4v) is 4.54. The van der Waals surface area contributed by atoms with Crippen LogP contribution in [0.5, 0.6) is 0 Å². The van der Waals surface area contributed by atoms with Gasteiger partial charge in [-0.05, 0) is 44.4 Å². The maximum absolute atomic E-state index is 12.4. The number of rotatable bonds is 6. The monoisotopic (exact) mass is 392 g/mol. The van der Waals surface area contributed by atoms with E-state index < -0.39 is 0 Å². The normalized spacial score (nSPS) is 16.4. The predicted molar refractivity (Wildman–Crippen MR) is 106 cm³/mol. The van der Waals surface area contributed by atoms with Crippen LogP contribution >= 0.6 is 23.4 Å². The Kier molecular flexibility index (Phi) is 6.59. The highest BCUT2D eigenvalue weighted by Gasteiger charge is 2.22. The third-order valence-electron chi connectivity index (χ3n) is 4.83. The number of carbonyl (C=O) groups excluding carboxylic acids is 1. The van der Waals surface area contributed by atoms with Crippen LogP contribution < -0.4 is 5.32 Å². The smallest absolute Gasteiger partial charge is 0.230 e. The van der Waals surface area contributed by atoms with Crippen molar-refractivity contribution < 1.29 is 4.79 Å². The molecule has 1 amide bonds.